The summed E-state index contributed by atoms with van der Waals surface area (Å²) < 4.78 is 2.25. The van der Waals surface area contributed by atoms with Crippen molar-refractivity contribution in [3.8, 4) is 0 Å². The first-order valence-corrected chi connectivity index (χ1v) is 9.40. The van der Waals surface area contributed by atoms with Gasteiger partial charge in [0.15, 0.2) is 5.82 Å². The molecule has 1 aromatic carbocycles. The monoisotopic (exact) mass is 369 g/mol. The van der Waals surface area contributed by atoms with Gasteiger partial charge in [-0.15, -0.1) is 0 Å². The van der Waals surface area contributed by atoms with Crippen LogP contribution in [0, 0.1) is 0 Å². The lowest BCUT2D eigenvalue weighted by Crippen LogP contribution is -2.25. The van der Waals surface area contributed by atoms with E-state index < -0.39 is 0 Å². The fraction of sp³-hybridized carbons (Fsp3) is 0.450. The summed E-state index contributed by atoms with van der Waals surface area (Å²) in [6.45, 7) is 2.94. The lowest BCUT2D eigenvalue weighted by atomic mass is 10.1. The summed E-state index contributed by atoms with van der Waals surface area (Å²) in [6, 6.07) is 8.01. The Morgan fingerprint density at radius 3 is 2.78 bits per heavy atom. The molecule has 0 bridgehead atoms. The van der Waals surface area contributed by atoms with Crippen molar-refractivity contribution in [3.63, 3.8) is 0 Å². The zero-order chi connectivity index (χ0) is 19.4. The van der Waals surface area contributed by atoms with Gasteiger partial charge in [0.05, 0.1) is 18.1 Å². The predicted molar refractivity (Wildman–Crippen MR) is 107 cm³/mol. The molecule has 0 unspecified atom stereocenters. The van der Waals surface area contributed by atoms with Crippen molar-refractivity contribution in [3.05, 3.63) is 30.1 Å². The second kappa shape index (κ2) is 8.35. The number of benzene rings is 1. The Balaban J connectivity index is 1.90. The van der Waals surface area contributed by atoms with Crippen LogP contribution in [0.3, 0.4) is 0 Å². The minimum Gasteiger partial charge on any atom is -0.382 e. The Morgan fingerprint density at radius 2 is 2.04 bits per heavy atom. The van der Waals surface area contributed by atoms with Gasteiger partial charge in [0.25, 0.3) is 0 Å². The standard InChI is InChI=1S/C20H27N5O2/c1-4-9-16-23-18-19(14-10-5-6-11-15(14)22-20(18)21)25(16)13-8-7-12-17(26)24(2)27-3/h5-6,10-11H,4,7-9,12-13H2,1-3H3,(H2,21,22). The van der Waals surface area contributed by atoms with E-state index in [1.54, 1.807) is 7.05 Å². The number of aryl methyl sites for hydroxylation is 2. The smallest absolute Gasteiger partial charge is 0.245 e. The average Bonchev–Trinajstić information content (AvgIpc) is 3.04. The van der Waals surface area contributed by atoms with Gasteiger partial charge in [-0.2, -0.15) is 0 Å². The van der Waals surface area contributed by atoms with Crippen molar-refractivity contribution in [1.82, 2.24) is 19.6 Å². The summed E-state index contributed by atoms with van der Waals surface area (Å²) in [5.41, 5.74) is 8.89. The molecule has 3 rings (SSSR count). The molecule has 2 aromatic heterocycles. The Labute approximate surface area is 159 Å². The molecule has 27 heavy (non-hydrogen) atoms. The number of para-hydroxylation sites is 1. The van der Waals surface area contributed by atoms with E-state index in [0.29, 0.717) is 12.2 Å². The van der Waals surface area contributed by atoms with Crippen LogP contribution in [-0.4, -0.2) is 39.7 Å². The normalized spacial score (nSPS) is 11.4. The second-order valence-electron chi connectivity index (χ2n) is 6.67. The van der Waals surface area contributed by atoms with Gasteiger partial charge in [-0.1, -0.05) is 25.1 Å². The minimum absolute atomic E-state index is 0.0133. The highest BCUT2D eigenvalue weighted by Gasteiger charge is 2.17. The number of carbonyl (C=O) groups excluding carboxylic acids is 1. The fourth-order valence-corrected chi connectivity index (χ4v) is 3.37. The number of aromatic nitrogens is 3. The van der Waals surface area contributed by atoms with Crippen LogP contribution in [-0.2, 0) is 22.6 Å². The van der Waals surface area contributed by atoms with Gasteiger partial charge >= 0.3 is 0 Å². The Kier molecular flexibility index (Phi) is 5.91. The maximum absolute atomic E-state index is 11.9. The van der Waals surface area contributed by atoms with E-state index in [1.165, 1.54) is 12.2 Å². The number of hydroxylamine groups is 2. The van der Waals surface area contributed by atoms with Crippen LogP contribution in [0.15, 0.2) is 24.3 Å². The quantitative estimate of drug-likeness (QED) is 0.486. The number of carbonyl (C=O) groups is 1. The molecule has 0 saturated carbocycles. The first-order chi connectivity index (χ1) is 13.1. The topological polar surface area (TPSA) is 86.3 Å². The highest BCUT2D eigenvalue weighted by Crippen LogP contribution is 2.29. The molecule has 144 valence electrons. The van der Waals surface area contributed by atoms with Crippen LogP contribution < -0.4 is 5.73 Å². The Bertz CT molecular complexity index is 950. The number of nitrogens with two attached hydrogens (primary N) is 1. The van der Waals surface area contributed by atoms with Crippen molar-refractivity contribution < 1.29 is 9.63 Å². The molecule has 0 aliphatic heterocycles. The second-order valence-corrected chi connectivity index (χ2v) is 6.67. The number of imidazole rings is 1. The molecule has 7 heteroatoms. The Morgan fingerprint density at radius 1 is 1.26 bits per heavy atom. The number of nitrogen functional groups attached to an aromatic ring is 1. The molecule has 1 amide bonds. The lowest BCUT2D eigenvalue weighted by Gasteiger charge is -2.14. The van der Waals surface area contributed by atoms with Gasteiger partial charge in [-0.05, 0) is 25.3 Å². The van der Waals surface area contributed by atoms with Crippen LogP contribution in [0.4, 0.5) is 5.82 Å². The summed E-state index contributed by atoms with van der Waals surface area (Å²) in [5, 5.41) is 2.33. The molecule has 0 aliphatic carbocycles. The fourth-order valence-electron chi connectivity index (χ4n) is 3.37. The molecule has 2 N–H and O–H groups in total. The van der Waals surface area contributed by atoms with Crippen molar-refractivity contribution in [2.45, 2.75) is 45.6 Å². The van der Waals surface area contributed by atoms with Crippen molar-refractivity contribution in [2.24, 2.45) is 0 Å². The molecule has 0 radical (unpaired) electrons. The van der Waals surface area contributed by atoms with Crippen LogP contribution in [0.2, 0.25) is 0 Å². The van der Waals surface area contributed by atoms with Crippen molar-refractivity contribution >= 4 is 33.7 Å². The van der Waals surface area contributed by atoms with E-state index in [9.17, 15) is 4.79 Å². The van der Waals surface area contributed by atoms with E-state index in [4.69, 9.17) is 15.6 Å². The number of nitrogens with zero attached hydrogens (tertiary/aromatic N) is 4. The highest BCUT2D eigenvalue weighted by molar-refractivity contribution is 6.06. The van der Waals surface area contributed by atoms with E-state index in [2.05, 4.69) is 22.5 Å². The third-order valence-electron chi connectivity index (χ3n) is 4.81. The Hall–Kier alpha value is -2.67. The predicted octanol–water partition coefficient (Wildman–Crippen LogP) is 3.31. The number of amides is 1. The molecule has 0 atom stereocenters. The van der Waals surface area contributed by atoms with E-state index in [-0.39, 0.29) is 5.91 Å². The molecular weight excluding hydrogens is 342 g/mol. The largest absolute Gasteiger partial charge is 0.382 e. The van der Waals surface area contributed by atoms with E-state index in [1.807, 2.05) is 18.2 Å². The zero-order valence-corrected chi connectivity index (χ0v) is 16.2. The molecule has 0 aliphatic rings. The third kappa shape index (κ3) is 3.88. The molecule has 7 nitrogen and oxygen atoms in total. The van der Waals surface area contributed by atoms with Crippen LogP contribution in [0.5, 0.6) is 0 Å². The molecule has 2 heterocycles. The van der Waals surface area contributed by atoms with Gasteiger partial charge < -0.3 is 10.3 Å². The summed E-state index contributed by atoms with van der Waals surface area (Å²) in [7, 11) is 3.13. The minimum atomic E-state index is -0.0133. The van der Waals surface area contributed by atoms with E-state index in [0.717, 1.165) is 60.0 Å². The first kappa shape index (κ1) is 19.1. The van der Waals surface area contributed by atoms with Crippen LogP contribution in [0.1, 0.15) is 38.4 Å². The van der Waals surface area contributed by atoms with Gasteiger partial charge in [0, 0.05) is 31.8 Å². The number of fused-ring (bicyclic) bond motifs is 3. The van der Waals surface area contributed by atoms with Gasteiger partial charge in [0.2, 0.25) is 5.91 Å². The van der Waals surface area contributed by atoms with Crippen LogP contribution >= 0.6 is 0 Å². The number of hydrogen-bond acceptors (Lipinski definition) is 5. The summed E-state index contributed by atoms with van der Waals surface area (Å²) >= 11 is 0. The average molecular weight is 369 g/mol. The van der Waals surface area contributed by atoms with Crippen LogP contribution in [0.25, 0.3) is 21.9 Å². The molecule has 0 spiro atoms. The number of unbranched alkanes of at least 4 members (excludes halogenated alkanes) is 1. The van der Waals surface area contributed by atoms with Gasteiger partial charge in [-0.3, -0.25) is 9.63 Å². The van der Waals surface area contributed by atoms with Crippen molar-refractivity contribution in [1.29, 1.82) is 0 Å². The molecule has 0 saturated heterocycles. The summed E-state index contributed by atoms with van der Waals surface area (Å²) in [4.78, 5) is 26.1. The zero-order valence-electron chi connectivity index (χ0n) is 16.2. The third-order valence-corrected chi connectivity index (χ3v) is 4.81. The lowest BCUT2D eigenvalue weighted by molar-refractivity contribution is -0.168. The maximum Gasteiger partial charge on any atom is 0.245 e. The number of pyridine rings is 1. The highest BCUT2D eigenvalue weighted by atomic mass is 16.7. The molecule has 3 aromatic rings. The van der Waals surface area contributed by atoms with Gasteiger partial charge in [-0.25, -0.2) is 15.0 Å². The SMILES string of the molecule is CCCc1nc2c(N)nc3ccccc3c2n1CCCCC(=O)N(C)OC. The van der Waals surface area contributed by atoms with Gasteiger partial charge in [0.1, 0.15) is 11.3 Å². The maximum atomic E-state index is 11.9. The molecular formula is C20H27N5O2. The summed E-state index contributed by atoms with van der Waals surface area (Å²) in [5.74, 6) is 1.48. The van der Waals surface area contributed by atoms with Crippen molar-refractivity contribution in [2.75, 3.05) is 19.9 Å². The number of anilines is 1. The molecule has 0 fully saturated rings. The summed E-state index contributed by atoms with van der Waals surface area (Å²) in [6.07, 6.45) is 4.02. The van der Waals surface area contributed by atoms with E-state index >= 15 is 0 Å². The number of hydrogen-bond donors (Lipinski definition) is 1. The first-order valence-electron chi connectivity index (χ1n) is 9.40. The number of rotatable bonds is 8.